The fraction of sp³-hybridized carbons (Fsp3) is 0.727. The number of likely N-dealkylation sites (tertiary alicyclic amines) is 1. The Hall–Kier alpha value is -1.80. The molecular formula is C22H35NO4. The number of amides is 1. The molecule has 1 aliphatic heterocycles. The maximum atomic E-state index is 12.1. The van der Waals surface area contributed by atoms with Gasteiger partial charge in [-0.2, -0.15) is 0 Å². The summed E-state index contributed by atoms with van der Waals surface area (Å²) in [4.78, 5) is 24.5. The second kappa shape index (κ2) is 13.4. The highest BCUT2D eigenvalue weighted by Crippen LogP contribution is 2.22. The van der Waals surface area contributed by atoms with E-state index in [1.54, 1.807) is 0 Å². The van der Waals surface area contributed by atoms with Gasteiger partial charge in [-0.1, -0.05) is 38.8 Å². The van der Waals surface area contributed by atoms with E-state index in [1.807, 2.05) is 24.0 Å². The van der Waals surface area contributed by atoms with E-state index in [4.69, 9.17) is 5.11 Å². The van der Waals surface area contributed by atoms with Crippen molar-refractivity contribution in [3.05, 3.63) is 12.2 Å². The molecule has 2 N–H and O–H groups in total. The van der Waals surface area contributed by atoms with Gasteiger partial charge >= 0.3 is 5.97 Å². The lowest BCUT2D eigenvalue weighted by atomic mass is 9.95. The molecule has 152 valence electrons. The van der Waals surface area contributed by atoms with Crippen LogP contribution in [0.3, 0.4) is 0 Å². The van der Waals surface area contributed by atoms with Crippen LogP contribution < -0.4 is 0 Å². The zero-order chi connectivity index (χ0) is 20.1. The molecule has 5 heteroatoms. The number of hydrogen-bond acceptors (Lipinski definition) is 3. The summed E-state index contributed by atoms with van der Waals surface area (Å²) in [6.45, 7) is 4.78. The first-order valence-corrected chi connectivity index (χ1v) is 10.3. The fourth-order valence-corrected chi connectivity index (χ4v) is 3.39. The predicted molar refractivity (Wildman–Crippen MR) is 107 cm³/mol. The summed E-state index contributed by atoms with van der Waals surface area (Å²) in [7, 11) is 0. The van der Waals surface area contributed by atoms with Crippen molar-refractivity contribution in [3.8, 4) is 11.8 Å². The number of unbranched alkanes of at least 4 members (excludes halogenated alkanes) is 3. The SMILES string of the molecule is CCC#CC[C@H](CC)[C@@H](O)C=C[C@H]1CCC(=O)N1CCCCCCC(=O)O. The molecule has 3 atom stereocenters. The van der Waals surface area contributed by atoms with Crippen molar-refractivity contribution in [3.63, 3.8) is 0 Å². The molecule has 0 aromatic heterocycles. The number of nitrogens with zero attached hydrogens (tertiary/aromatic N) is 1. The second-order valence-corrected chi connectivity index (χ2v) is 7.21. The normalized spacial score (nSPS) is 19.1. The van der Waals surface area contributed by atoms with Gasteiger partial charge in [0.15, 0.2) is 0 Å². The van der Waals surface area contributed by atoms with E-state index in [1.165, 1.54) is 0 Å². The molecule has 1 rings (SSSR count). The van der Waals surface area contributed by atoms with E-state index >= 15 is 0 Å². The Morgan fingerprint density at radius 3 is 2.67 bits per heavy atom. The van der Waals surface area contributed by atoms with Gasteiger partial charge in [0.05, 0.1) is 12.1 Å². The number of carbonyl (C=O) groups is 2. The summed E-state index contributed by atoms with van der Waals surface area (Å²) < 4.78 is 0. The Balaban J connectivity index is 2.45. The van der Waals surface area contributed by atoms with Crippen molar-refractivity contribution in [1.29, 1.82) is 0 Å². The van der Waals surface area contributed by atoms with E-state index in [9.17, 15) is 14.7 Å². The van der Waals surface area contributed by atoms with Gasteiger partial charge in [-0.15, -0.1) is 11.8 Å². The largest absolute Gasteiger partial charge is 0.481 e. The lowest BCUT2D eigenvalue weighted by Crippen LogP contribution is -2.33. The van der Waals surface area contributed by atoms with Gasteiger partial charge in [-0.3, -0.25) is 9.59 Å². The smallest absolute Gasteiger partial charge is 0.303 e. The number of carboxylic acid groups (broad SMARTS) is 1. The Bertz CT molecular complexity index is 546. The van der Waals surface area contributed by atoms with Gasteiger partial charge in [0.25, 0.3) is 0 Å². The van der Waals surface area contributed by atoms with E-state index in [2.05, 4.69) is 18.8 Å². The molecule has 0 bridgehead atoms. The molecule has 0 unspecified atom stereocenters. The van der Waals surface area contributed by atoms with Crippen molar-refractivity contribution in [2.24, 2.45) is 5.92 Å². The highest BCUT2D eigenvalue weighted by atomic mass is 16.4. The molecule has 27 heavy (non-hydrogen) atoms. The summed E-state index contributed by atoms with van der Waals surface area (Å²) >= 11 is 0. The third kappa shape index (κ3) is 9.10. The molecule has 0 aromatic rings. The van der Waals surface area contributed by atoms with Crippen molar-refractivity contribution in [2.75, 3.05) is 6.54 Å². The molecule has 5 nitrogen and oxygen atoms in total. The molecule has 1 amide bonds. The average Bonchev–Trinajstić information content (AvgIpc) is 2.99. The zero-order valence-electron chi connectivity index (χ0n) is 16.8. The Morgan fingerprint density at radius 1 is 1.26 bits per heavy atom. The highest BCUT2D eigenvalue weighted by molar-refractivity contribution is 5.79. The van der Waals surface area contributed by atoms with Gasteiger partial charge < -0.3 is 15.1 Å². The molecule has 1 fully saturated rings. The minimum Gasteiger partial charge on any atom is -0.481 e. The van der Waals surface area contributed by atoms with Crippen LogP contribution in [0.25, 0.3) is 0 Å². The Kier molecular flexibility index (Phi) is 11.5. The average molecular weight is 378 g/mol. The molecule has 1 heterocycles. The maximum absolute atomic E-state index is 12.1. The summed E-state index contributed by atoms with van der Waals surface area (Å²) in [5, 5.41) is 19.1. The maximum Gasteiger partial charge on any atom is 0.303 e. The third-order valence-corrected chi connectivity index (χ3v) is 5.12. The van der Waals surface area contributed by atoms with E-state index in [-0.39, 0.29) is 24.3 Å². The number of rotatable bonds is 12. The number of carboxylic acids is 1. The molecule has 0 aliphatic carbocycles. The highest BCUT2D eigenvalue weighted by Gasteiger charge is 2.28. The van der Waals surface area contributed by atoms with Crippen LogP contribution in [-0.2, 0) is 9.59 Å². The van der Waals surface area contributed by atoms with Crippen LogP contribution in [-0.4, -0.2) is 45.7 Å². The first-order chi connectivity index (χ1) is 13.0. The van der Waals surface area contributed by atoms with E-state index < -0.39 is 12.1 Å². The molecule has 0 aromatic carbocycles. The standard InChI is InChI=1S/C22H35NO4/c1-3-5-8-11-18(4-2)20(24)15-13-19-14-16-21(25)23(19)17-10-7-6-9-12-22(26)27/h13,15,18-20,24H,3-4,6-7,9-12,14,16-17H2,1-2H3,(H,26,27)/t18-,19-,20-/m0/s1. The molecule has 0 radical (unpaired) electrons. The molecule has 0 spiro atoms. The van der Waals surface area contributed by atoms with Crippen molar-refractivity contribution < 1.29 is 19.8 Å². The summed E-state index contributed by atoms with van der Waals surface area (Å²) in [6.07, 6.45) is 10.7. The van der Waals surface area contributed by atoms with Crippen LogP contribution in [0.2, 0.25) is 0 Å². The third-order valence-electron chi connectivity index (χ3n) is 5.12. The predicted octanol–water partition coefficient (Wildman–Crippen LogP) is 3.76. The molecule has 1 saturated heterocycles. The van der Waals surface area contributed by atoms with Crippen molar-refractivity contribution in [2.45, 2.75) is 90.2 Å². The fourth-order valence-electron chi connectivity index (χ4n) is 3.39. The topological polar surface area (TPSA) is 77.8 Å². The molecule has 1 aliphatic rings. The number of aliphatic carboxylic acids is 1. The van der Waals surface area contributed by atoms with Crippen LogP contribution >= 0.6 is 0 Å². The van der Waals surface area contributed by atoms with Crippen LogP contribution in [0.1, 0.15) is 78.1 Å². The van der Waals surface area contributed by atoms with Crippen molar-refractivity contribution >= 4 is 11.9 Å². The van der Waals surface area contributed by atoms with Gasteiger partial charge in [-0.25, -0.2) is 0 Å². The lowest BCUT2D eigenvalue weighted by molar-refractivity contribution is -0.137. The van der Waals surface area contributed by atoms with Crippen LogP contribution in [0.15, 0.2) is 12.2 Å². The van der Waals surface area contributed by atoms with E-state index in [0.29, 0.717) is 25.8 Å². The number of aliphatic hydroxyl groups is 1. The Labute approximate surface area is 163 Å². The zero-order valence-corrected chi connectivity index (χ0v) is 16.8. The number of aliphatic hydroxyl groups excluding tert-OH is 1. The molecular weight excluding hydrogens is 342 g/mol. The van der Waals surface area contributed by atoms with E-state index in [0.717, 1.165) is 38.5 Å². The van der Waals surface area contributed by atoms with Gasteiger partial charge in [0.1, 0.15) is 0 Å². The van der Waals surface area contributed by atoms with Crippen LogP contribution in [0.5, 0.6) is 0 Å². The summed E-state index contributed by atoms with van der Waals surface area (Å²) in [6, 6.07) is 0.0606. The monoisotopic (exact) mass is 377 g/mol. The summed E-state index contributed by atoms with van der Waals surface area (Å²) in [5.41, 5.74) is 0. The lowest BCUT2D eigenvalue weighted by Gasteiger charge is -2.23. The summed E-state index contributed by atoms with van der Waals surface area (Å²) in [5.74, 6) is 5.71. The number of carbonyl (C=O) groups excluding carboxylic acids is 1. The van der Waals surface area contributed by atoms with Crippen LogP contribution in [0, 0.1) is 17.8 Å². The van der Waals surface area contributed by atoms with Gasteiger partial charge in [0.2, 0.25) is 5.91 Å². The first kappa shape index (κ1) is 23.2. The second-order valence-electron chi connectivity index (χ2n) is 7.21. The van der Waals surface area contributed by atoms with Crippen molar-refractivity contribution in [1.82, 2.24) is 4.90 Å². The first-order valence-electron chi connectivity index (χ1n) is 10.3. The minimum absolute atomic E-state index is 0.0606. The minimum atomic E-state index is -0.750. The quantitative estimate of drug-likeness (QED) is 0.308. The molecule has 0 saturated carbocycles. The Morgan fingerprint density at radius 2 is 2.00 bits per heavy atom. The van der Waals surface area contributed by atoms with Gasteiger partial charge in [0, 0.05) is 32.2 Å². The van der Waals surface area contributed by atoms with Crippen LogP contribution in [0.4, 0.5) is 0 Å². The van der Waals surface area contributed by atoms with Gasteiger partial charge in [-0.05, 0) is 31.6 Å². The number of hydrogen-bond donors (Lipinski definition) is 2.